The van der Waals surface area contributed by atoms with Crippen LogP contribution in [0.15, 0.2) is 48.7 Å². The molecule has 1 amide bonds. The number of pyridine rings is 1. The summed E-state index contributed by atoms with van der Waals surface area (Å²) in [4.78, 5) is 15.8. The largest absolute Gasteiger partial charge is 0.493 e. The number of benzene rings is 1. The van der Waals surface area contributed by atoms with Crippen molar-refractivity contribution in [2.75, 3.05) is 11.9 Å². The van der Waals surface area contributed by atoms with E-state index in [1.165, 1.54) is 12.3 Å². The topological polar surface area (TPSA) is 51.2 Å². The van der Waals surface area contributed by atoms with Crippen LogP contribution >= 0.6 is 11.6 Å². The summed E-state index contributed by atoms with van der Waals surface area (Å²) in [6.45, 7) is 2.69. The fraction of sp³-hybridized carbons (Fsp3) is 0.176. The van der Waals surface area contributed by atoms with E-state index in [4.69, 9.17) is 16.3 Å². The molecule has 114 valence electrons. The first-order valence-electron chi connectivity index (χ1n) is 7.01. The van der Waals surface area contributed by atoms with Gasteiger partial charge in [0.1, 0.15) is 10.9 Å². The first-order valence-corrected chi connectivity index (χ1v) is 7.39. The number of nitrogens with zero attached hydrogens (tertiary/aromatic N) is 1. The van der Waals surface area contributed by atoms with Gasteiger partial charge in [-0.25, -0.2) is 4.98 Å². The van der Waals surface area contributed by atoms with Gasteiger partial charge in [-0.05, 0) is 30.7 Å². The standard InChI is InChI=1S/C17H17ClN2O2/c1-2-11-22-15-6-4-3-5-13(15)7-8-17(21)20-14-9-10-19-16(18)12-14/h3-10,12H,2,11H2,1H3,(H,19,20,21)/b8-7+. The second-order valence-corrected chi connectivity index (χ2v) is 4.96. The van der Waals surface area contributed by atoms with E-state index in [1.54, 1.807) is 18.2 Å². The molecule has 0 spiro atoms. The molecule has 0 aliphatic carbocycles. The summed E-state index contributed by atoms with van der Waals surface area (Å²) in [5, 5.41) is 3.06. The van der Waals surface area contributed by atoms with E-state index in [9.17, 15) is 4.79 Å². The maximum Gasteiger partial charge on any atom is 0.248 e. The van der Waals surface area contributed by atoms with Gasteiger partial charge in [-0.15, -0.1) is 0 Å². The summed E-state index contributed by atoms with van der Waals surface area (Å²) < 4.78 is 5.64. The van der Waals surface area contributed by atoms with Crippen molar-refractivity contribution in [1.82, 2.24) is 4.98 Å². The van der Waals surface area contributed by atoms with Crippen LogP contribution in [0.3, 0.4) is 0 Å². The van der Waals surface area contributed by atoms with Gasteiger partial charge >= 0.3 is 0 Å². The van der Waals surface area contributed by atoms with Crippen molar-refractivity contribution in [2.45, 2.75) is 13.3 Å². The Morgan fingerprint density at radius 3 is 2.95 bits per heavy atom. The Kier molecular flexibility index (Phi) is 5.98. The lowest BCUT2D eigenvalue weighted by atomic mass is 10.2. The quantitative estimate of drug-likeness (QED) is 0.642. The van der Waals surface area contributed by atoms with E-state index in [2.05, 4.69) is 10.3 Å². The number of nitrogens with one attached hydrogen (secondary N) is 1. The third kappa shape index (κ3) is 4.90. The van der Waals surface area contributed by atoms with Gasteiger partial charge in [0, 0.05) is 23.5 Å². The number of para-hydroxylation sites is 1. The second-order valence-electron chi connectivity index (χ2n) is 4.58. The highest BCUT2D eigenvalue weighted by molar-refractivity contribution is 6.29. The molecule has 0 saturated carbocycles. The van der Waals surface area contributed by atoms with Crippen LogP contribution < -0.4 is 10.1 Å². The molecule has 1 heterocycles. The smallest absolute Gasteiger partial charge is 0.248 e. The summed E-state index contributed by atoms with van der Waals surface area (Å²) in [5.74, 6) is 0.521. The number of aromatic nitrogens is 1. The third-order valence-corrected chi connectivity index (χ3v) is 3.00. The zero-order chi connectivity index (χ0) is 15.8. The van der Waals surface area contributed by atoms with Gasteiger partial charge < -0.3 is 10.1 Å². The number of halogens is 1. The van der Waals surface area contributed by atoms with Crippen LogP contribution in [-0.4, -0.2) is 17.5 Å². The molecule has 2 rings (SSSR count). The average Bonchev–Trinajstić information content (AvgIpc) is 2.51. The fourth-order valence-corrected chi connectivity index (χ4v) is 1.97. The van der Waals surface area contributed by atoms with Gasteiger partial charge in [0.2, 0.25) is 5.91 Å². The van der Waals surface area contributed by atoms with Crippen molar-refractivity contribution in [3.63, 3.8) is 0 Å². The van der Waals surface area contributed by atoms with Crippen molar-refractivity contribution in [3.8, 4) is 5.75 Å². The molecule has 0 bridgehead atoms. The maximum atomic E-state index is 11.9. The molecule has 4 nitrogen and oxygen atoms in total. The first kappa shape index (κ1) is 16.0. The fourth-order valence-electron chi connectivity index (χ4n) is 1.79. The molecule has 1 N–H and O–H groups in total. The van der Waals surface area contributed by atoms with E-state index in [1.807, 2.05) is 31.2 Å². The lowest BCUT2D eigenvalue weighted by Gasteiger charge is -2.07. The molecule has 1 aromatic carbocycles. The summed E-state index contributed by atoms with van der Waals surface area (Å²) in [7, 11) is 0. The Bertz CT molecular complexity index is 671. The second kappa shape index (κ2) is 8.20. The van der Waals surface area contributed by atoms with E-state index in [-0.39, 0.29) is 5.91 Å². The Hall–Kier alpha value is -2.33. The van der Waals surface area contributed by atoms with Crippen LogP contribution in [-0.2, 0) is 4.79 Å². The Morgan fingerprint density at radius 2 is 2.18 bits per heavy atom. The van der Waals surface area contributed by atoms with Crippen LogP contribution in [0.25, 0.3) is 6.08 Å². The normalized spacial score (nSPS) is 10.6. The molecular weight excluding hydrogens is 300 g/mol. The Balaban J connectivity index is 2.03. The van der Waals surface area contributed by atoms with Crippen LogP contribution in [0.4, 0.5) is 5.69 Å². The summed E-state index contributed by atoms with van der Waals surface area (Å²) in [6.07, 6.45) is 5.66. The van der Waals surface area contributed by atoms with E-state index >= 15 is 0 Å². The number of carbonyl (C=O) groups excluding carboxylic acids is 1. The van der Waals surface area contributed by atoms with Crippen molar-refractivity contribution in [2.24, 2.45) is 0 Å². The third-order valence-electron chi connectivity index (χ3n) is 2.79. The number of ether oxygens (including phenoxy) is 1. The molecule has 0 atom stereocenters. The molecule has 5 heteroatoms. The first-order chi connectivity index (χ1) is 10.7. The highest BCUT2D eigenvalue weighted by Crippen LogP contribution is 2.20. The molecule has 2 aromatic rings. The Labute approximate surface area is 134 Å². The van der Waals surface area contributed by atoms with Crippen LogP contribution in [0.1, 0.15) is 18.9 Å². The summed E-state index contributed by atoms with van der Waals surface area (Å²) in [5.41, 5.74) is 1.46. The molecule has 0 radical (unpaired) electrons. The lowest BCUT2D eigenvalue weighted by molar-refractivity contribution is -0.111. The zero-order valence-corrected chi connectivity index (χ0v) is 13.0. The van der Waals surface area contributed by atoms with E-state index < -0.39 is 0 Å². The molecule has 22 heavy (non-hydrogen) atoms. The molecule has 1 aromatic heterocycles. The van der Waals surface area contributed by atoms with Gasteiger partial charge in [0.05, 0.1) is 6.61 Å². The highest BCUT2D eigenvalue weighted by Gasteiger charge is 2.02. The molecule has 0 fully saturated rings. The number of hydrogen-bond acceptors (Lipinski definition) is 3. The molecular formula is C17H17ClN2O2. The van der Waals surface area contributed by atoms with Crippen molar-refractivity contribution in [3.05, 3.63) is 59.4 Å². The maximum absolute atomic E-state index is 11.9. The van der Waals surface area contributed by atoms with Crippen molar-refractivity contribution in [1.29, 1.82) is 0 Å². The number of hydrogen-bond donors (Lipinski definition) is 1. The van der Waals surface area contributed by atoms with E-state index in [0.717, 1.165) is 17.7 Å². The van der Waals surface area contributed by atoms with Crippen molar-refractivity contribution < 1.29 is 9.53 Å². The number of amides is 1. The number of rotatable bonds is 6. The van der Waals surface area contributed by atoms with Crippen LogP contribution in [0, 0.1) is 0 Å². The summed E-state index contributed by atoms with van der Waals surface area (Å²) in [6, 6.07) is 10.9. The molecule has 0 aliphatic rings. The van der Waals surface area contributed by atoms with Gasteiger partial charge in [0.15, 0.2) is 0 Å². The molecule has 0 unspecified atom stereocenters. The number of anilines is 1. The predicted molar refractivity (Wildman–Crippen MR) is 89.1 cm³/mol. The molecule has 0 saturated heterocycles. The van der Waals surface area contributed by atoms with Gasteiger partial charge in [-0.2, -0.15) is 0 Å². The molecule has 0 aliphatic heterocycles. The minimum atomic E-state index is -0.243. The monoisotopic (exact) mass is 316 g/mol. The van der Waals surface area contributed by atoms with E-state index in [0.29, 0.717) is 17.4 Å². The number of carbonyl (C=O) groups is 1. The summed E-state index contributed by atoms with van der Waals surface area (Å²) >= 11 is 5.77. The van der Waals surface area contributed by atoms with Crippen LogP contribution in [0.5, 0.6) is 5.75 Å². The highest BCUT2D eigenvalue weighted by atomic mass is 35.5. The average molecular weight is 317 g/mol. The minimum absolute atomic E-state index is 0.243. The predicted octanol–water partition coefficient (Wildman–Crippen LogP) is 4.18. The zero-order valence-electron chi connectivity index (χ0n) is 12.3. The van der Waals surface area contributed by atoms with Gasteiger partial charge in [0.25, 0.3) is 0 Å². The van der Waals surface area contributed by atoms with Crippen LogP contribution in [0.2, 0.25) is 5.15 Å². The minimum Gasteiger partial charge on any atom is -0.493 e. The van der Waals surface area contributed by atoms with Crippen molar-refractivity contribution >= 4 is 29.3 Å². The van der Waals surface area contributed by atoms with Gasteiger partial charge in [-0.3, -0.25) is 4.79 Å². The lowest BCUT2D eigenvalue weighted by Crippen LogP contribution is -2.07. The SMILES string of the molecule is CCCOc1ccccc1/C=C/C(=O)Nc1ccnc(Cl)c1. The Morgan fingerprint density at radius 1 is 1.36 bits per heavy atom. The van der Waals surface area contributed by atoms with Gasteiger partial charge in [-0.1, -0.05) is 36.7 Å².